The topological polar surface area (TPSA) is 77.5 Å². The van der Waals surface area contributed by atoms with Gasteiger partial charge in [-0.3, -0.25) is 5.32 Å². The van der Waals surface area contributed by atoms with Gasteiger partial charge in [0, 0.05) is 5.92 Å². The highest BCUT2D eigenvalue weighted by atomic mass is 32.1. The minimum absolute atomic E-state index is 0.279. The number of nitrogens with zero attached hydrogens (tertiary/aromatic N) is 1. The monoisotopic (exact) mass is 296 g/mol. The van der Waals surface area contributed by atoms with Gasteiger partial charge >= 0.3 is 12.1 Å². The van der Waals surface area contributed by atoms with Crippen molar-refractivity contribution in [3.8, 4) is 11.8 Å². The molecule has 0 bridgehead atoms. The van der Waals surface area contributed by atoms with E-state index in [2.05, 4.69) is 26.9 Å². The van der Waals surface area contributed by atoms with Crippen LogP contribution in [-0.2, 0) is 14.3 Å². The van der Waals surface area contributed by atoms with Gasteiger partial charge in [-0.25, -0.2) is 14.6 Å². The van der Waals surface area contributed by atoms with Crippen LogP contribution in [0, 0.1) is 11.8 Å². The van der Waals surface area contributed by atoms with E-state index in [4.69, 9.17) is 4.74 Å². The second-order valence-corrected chi connectivity index (χ2v) is 5.66. The summed E-state index contributed by atoms with van der Waals surface area (Å²) in [6.45, 7) is 7.29. The Morgan fingerprint density at radius 2 is 2.15 bits per heavy atom. The average molecular weight is 296 g/mol. The largest absolute Gasteiger partial charge is 0.456 e. The van der Waals surface area contributed by atoms with Crippen molar-refractivity contribution in [3.05, 3.63) is 11.1 Å². The lowest BCUT2D eigenvalue weighted by Crippen LogP contribution is -2.27. The highest BCUT2D eigenvalue weighted by molar-refractivity contribution is 7.16. The Kier molecular flexibility index (Phi) is 5.53. The van der Waals surface area contributed by atoms with Crippen LogP contribution >= 0.6 is 11.3 Å². The molecule has 108 valence electrons. The first kappa shape index (κ1) is 16.0. The number of anilines is 1. The molecule has 1 aromatic heterocycles. The van der Waals surface area contributed by atoms with E-state index in [9.17, 15) is 9.59 Å². The summed E-state index contributed by atoms with van der Waals surface area (Å²) in [4.78, 5) is 27.1. The lowest BCUT2D eigenvalue weighted by atomic mass is 10.2. The molecule has 0 spiro atoms. The van der Waals surface area contributed by atoms with Gasteiger partial charge in [0.1, 0.15) is 5.60 Å². The molecular formula is C13H16N2O4S. The average Bonchev–Trinajstić information content (AvgIpc) is 2.71. The van der Waals surface area contributed by atoms with Crippen LogP contribution in [0.2, 0.25) is 0 Å². The number of carbonyl (C=O) groups excluding carboxylic acids is 2. The van der Waals surface area contributed by atoms with E-state index in [0.717, 1.165) is 11.3 Å². The molecule has 0 radical (unpaired) electrons. The van der Waals surface area contributed by atoms with Gasteiger partial charge in [-0.1, -0.05) is 11.3 Å². The van der Waals surface area contributed by atoms with E-state index < -0.39 is 17.7 Å². The van der Waals surface area contributed by atoms with Gasteiger partial charge in [0.05, 0.1) is 17.7 Å². The maximum Gasteiger partial charge on any atom is 0.413 e. The molecular weight excluding hydrogens is 280 g/mol. The maximum absolute atomic E-state index is 11.5. The van der Waals surface area contributed by atoms with Crippen LogP contribution in [-0.4, -0.2) is 29.3 Å². The number of rotatable bonds is 2. The quantitative estimate of drug-likeness (QED) is 0.670. The number of hydrogen-bond donors (Lipinski definition) is 1. The van der Waals surface area contributed by atoms with Crippen molar-refractivity contribution in [3.63, 3.8) is 0 Å². The summed E-state index contributed by atoms with van der Waals surface area (Å²) in [6.07, 6.45) is 0.876. The van der Waals surface area contributed by atoms with Gasteiger partial charge < -0.3 is 9.47 Å². The lowest BCUT2D eigenvalue weighted by Gasteiger charge is -2.18. The molecule has 20 heavy (non-hydrogen) atoms. The first-order valence-corrected chi connectivity index (χ1v) is 6.76. The number of carbonyl (C=O) groups is 2. The summed E-state index contributed by atoms with van der Waals surface area (Å²) in [5.41, 5.74) is -0.576. The number of thiazole rings is 1. The molecule has 0 fully saturated rings. The van der Waals surface area contributed by atoms with Gasteiger partial charge in [0.25, 0.3) is 0 Å². The molecule has 6 nitrogen and oxygen atoms in total. The fourth-order valence-electron chi connectivity index (χ4n) is 1.06. The van der Waals surface area contributed by atoms with Crippen LogP contribution in [0.1, 0.15) is 32.6 Å². The smallest absolute Gasteiger partial charge is 0.413 e. The molecule has 0 aliphatic carbocycles. The highest BCUT2D eigenvalue weighted by Crippen LogP contribution is 2.18. The number of hydrogen-bond acceptors (Lipinski definition) is 6. The van der Waals surface area contributed by atoms with E-state index in [1.807, 2.05) is 0 Å². The van der Waals surface area contributed by atoms with E-state index >= 15 is 0 Å². The molecule has 0 aliphatic rings. The Hall–Kier alpha value is -2.07. The third kappa shape index (κ3) is 6.20. The van der Waals surface area contributed by atoms with Crippen molar-refractivity contribution < 1.29 is 19.1 Å². The molecule has 7 heteroatoms. The number of esters is 1. The van der Waals surface area contributed by atoms with Crippen LogP contribution in [0.25, 0.3) is 0 Å². The Morgan fingerprint density at radius 3 is 2.75 bits per heavy atom. The minimum Gasteiger partial charge on any atom is -0.456 e. The number of amides is 1. The van der Waals surface area contributed by atoms with E-state index in [1.165, 1.54) is 6.20 Å². The number of ether oxygens (including phenoxy) is 2. The van der Waals surface area contributed by atoms with Gasteiger partial charge in [-0.05, 0) is 33.6 Å². The van der Waals surface area contributed by atoms with Crippen LogP contribution in [0.4, 0.5) is 9.93 Å². The molecule has 0 saturated heterocycles. The summed E-state index contributed by atoms with van der Waals surface area (Å²) in [7, 11) is 0. The summed E-state index contributed by atoms with van der Waals surface area (Å²) >= 11 is 1.14. The molecule has 1 N–H and O–H groups in total. The highest BCUT2D eigenvalue weighted by Gasteiger charge is 2.17. The van der Waals surface area contributed by atoms with Crippen LogP contribution in [0.3, 0.4) is 0 Å². The molecule has 1 aromatic rings. The minimum atomic E-state index is -0.595. The Bertz CT molecular complexity index is 549. The predicted octanol–water partition coefficient (Wildman–Crippen LogP) is 2.40. The van der Waals surface area contributed by atoms with Gasteiger partial charge in [0.2, 0.25) is 0 Å². The maximum atomic E-state index is 11.5. The van der Waals surface area contributed by atoms with Crippen molar-refractivity contribution in [1.82, 2.24) is 4.98 Å². The fourth-order valence-corrected chi connectivity index (χ4v) is 1.72. The van der Waals surface area contributed by atoms with E-state index in [1.54, 1.807) is 27.7 Å². The summed E-state index contributed by atoms with van der Waals surface area (Å²) < 4.78 is 9.76. The summed E-state index contributed by atoms with van der Waals surface area (Å²) in [5, 5.41) is 2.85. The molecule has 1 amide bonds. The summed E-state index contributed by atoms with van der Waals surface area (Å²) in [6, 6.07) is 0. The SMILES string of the molecule is CCOC(=O)C#Cc1cnc(NC(=O)OC(C)(C)C)s1. The van der Waals surface area contributed by atoms with Gasteiger partial charge in [-0.15, -0.1) is 0 Å². The van der Waals surface area contributed by atoms with Crippen molar-refractivity contribution in [2.24, 2.45) is 0 Å². The standard InChI is InChI=1S/C13H16N2O4S/c1-5-18-10(16)7-6-9-8-14-11(20-9)15-12(17)19-13(2,3)4/h8H,5H2,1-4H3,(H,14,15,17). The summed E-state index contributed by atoms with van der Waals surface area (Å²) in [5.74, 6) is 4.34. The third-order valence-electron chi connectivity index (χ3n) is 1.68. The van der Waals surface area contributed by atoms with Crippen molar-refractivity contribution >= 4 is 28.5 Å². The number of nitrogens with one attached hydrogen (secondary N) is 1. The molecule has 0 aromatic carbocycles. The van der Waals surface area contributed by atoms with Crippen LogP contribution < -0.4 is 5.32 Å². The van der Waals surface area contributed by atoms with Crippen molar-refractivity contribution in [2.45, 2.75) is 33.3 Å². The third-order valence-corrected chi connectivity index (χ3v) is 2.50. The molecule has 0 unspecified atom stereocenters. The van der Waals surface area contributed by atoms with Crippen LogP contribution in [0.5, 0.6) is 0 Å². The van der Waals surface area contributed by atoms with E-state index in [-0.39, 0.29) is 6.61 Å². The lowest BCUT2D eigenvalue weighted by molar-refractivity contribution is -0.136. The Labute approximate surface area is 121 Å². The zero-order chi connectivity index (χ0) is 15.2. The fraction of sp³-hybridized carbons (Fsp3) is 0.462. The number of aromatic nitrogens is 1. The zero-order valence-corrected chi connectivity index (χ0v) is 12.6. The second kappa shape index (κ2) is 6.91. The van der Waals surface area contributed by atoms with Gasteiger partial charge in [-0.2, -0.15) is 0 Å². The molecule has 1 rings (SSSR count). The molecule has 0 atom stereocenters. The van der Waals surface area contributed by atoms with Crippen molar-refractivity contribution in [1.29, 1.82) is 0 Å². The normalized spacial score (nSPS) is 10.2. The first-order chi connectivity index (χ1) is 9.30. The predicted molar refractivity (Wildman–Crippen MR) is 75.5 cm³/mol. The van der Waals surface area contributed by atoms with Crippen LogP contribution in [0.15, 0.2) is 6.20 Å². The Balaban J connectivity index is 2.60. The molecule has 1 heterocycles. The Morgan fingerprint density at radius 1 is 1.45 bits per heavy atom. The van der Waals surface area contributed by atoms with Gasteiger partial charge in [0.15, 0.2) is 5.13 Å². The zero-order valence-electron chi connectivity index (χ0n) is 11.8. The molecule has 0 aliphatic heterocycles. The second-order valence-electron chi connectivity index (χ2n) is 4.63. The van der Waals surface area contributed by atoms with Crippen molar-refractivity contribution in [2.75, 3.05) is 11.9 Å². The first-order valence-electron chi connectivity index (χ1n) is 5.95. The molecule has 0 saturated carbocycles. The van der Waals surface area contributed by atoms with E-state index in [0.29, 0.717) is 10.0 Å².